The molecular weight excluding hydrogens is 375 g/mol. The molecule has 0 aliphatic rings. The van der Waals surface area contributed by atoms with Crippen LogP contribution in [0.4, 0.5) is 13.2 Å². The zero-order chi connectivity index (χ0) is 20.9. The molecule has 0 fully saturated rings. The van der Waals surface area contributed by atoms with Crippen LogP contribution in [-0.2, 0) is 23.9 Å². The molecule has 0 heterocycles. The van der Waals surface area contributed by atoms with E-state index < -0.39 is 64.7 Å². The molecule has 0 aliphatic heterocycles. The zero-order valence-corrected chi connectivity index (χ0v) is 14.4. The van der Waals surface area contributed by atoms with Gasteiger partial charge in [-0.25, -0.2) is 18.0 Å². The molecule has 1 aromatic carbocycles. The lowest BCUT2D eigenvalue weighted by atomic mass is 9.87. The van der Waals surface area contributed by atoms with E-state index in [1.165, 1.54) is 0 Å². The number of rotatable bonds is 7. The van der Waals surface area contributed by atoms with Crippen molar-refractivity contribution in [3.63, 3.8) is 0 Å². The third-order valence-electron chi connectivity index (χ3n) is 3.75. The normalized spacial score (nSPS) is 12.9. The maximum Gasteiger partial charge on any atom is 0.326 e. The lowest BCUT2D eigenvalue weighted by molar-refractivity contribution is -0.162. The third-order valence-corrected chi connectivity index (χ3v) is 3.75. The number of hydrogen-bond acceptors (Lipinski definition) is 6. The van der Waals surface area contributed by atoms with Crippen LogP contribution in [0, 0.1) is 29.3 Å². The van der Waals surface area contributed by atoms with E-state index in [0.29, 0.717) is 0 Å². The van der Waals surface area contributed by atoms with Gasteiger partial charge >= 0.3 is 17.9 Å². The molecule has 2 N–H and O–H groups in total. The molecule has 0 aromatic heterocycles. The van der Waals surface area contributed by atoms with Crippen molar-refractivity contribution in [3.05, 3.63) is 35.1 Å². The van der Waals surface area contributed by atoms with Gasteiger partial charge in [0.05, 0.1) is 14.2 Å². The molecule has 0 unspecified atom stereocenters. The van der Waals surface area contributed by atoms with Gasteiger partial charge in [-0.2, -0.15) is 0 Å². The Morgan fingerprint density at radius 2 is 1.44 bits per heavy atom. The van der Waals surface area contributed by atoms with Crippen molar-refractivity contribution in [1.82, 2.24) is 5.32 Å². The number of hydrogen-bond donors (Lipinski definition) is 2. The second-order valence-electron chi connectivity index (χ2n) is 5.42. The Balaban J connectivity index is 3.22. The summed E-state index contributed by atoms with van der Waals surface area (Å²) in [6.45, 7) is 1.12. The Hall–Kier alpha value is -3.11. The Morgan fingerprint density at radius 3 is 1.81 bits per heavy atom. The van der Waals surface area contributed by atoms with E-state index in [4.69, 9.17) is 0 Å². The predicted octanol–water partition coefficient (Wildman–Crippen LogP) is 0.885. The monoisotopic (exact) mass is 391 g/mol. The first kappa shape index (κ1) is 21.9. The maximum atomic E-state index is 13.7. The standard InChI is InChI=1S/C16H16F3NO7/c1-6(10(15(24)26-2)16(25)27-3)12(14(22)23)20-13(21)11-8(18)4-7(17)5-9(11)19/h4-6,10,12H,1-3H3,(H,20,21)(H,22,23)/t6-,12+/m0/s1. The number of ether oxygens (including phenoxy) is 2. The summed E-state index contributed by atoms with van der Waals surface area (Å²) in [7, 11) is 1.89. The van der Waals surface area contributed by atoms with Gasteiger partial charge in [0, 0.05) is 18.1 Å². The van der Waals surface area contributed by atoms with Crippen molar-refractivity contribution in [2.24, 2.45) is 11.8 Å². The van der Waals surface area contributed by atoms with Gasteiger partial charge in [-0.15, -0.1) is 0 Å². The molecule has 0 saturated heterocycles. The molecule has 0 bridgehead atoms. The molecule has 27 heavy (non-hydrogen) atoms. The van der Waals surface area contributed by atoms with Crippen LogP contribution in [0.3, 0.4) is 0 Å². The molecule has 148 valence electrons. The van der Waals surface area contributed by atoms with Gasteiger partial charge < -0.3 is 19.9 Å². The fourth-order valence-corrected chi connectivity index (χ4v) is 2.36. The van der Waals surface area contributed by atoms with Gasteiger partial charge in [0.1, 0.15) is 29.1 Å². The minimum atomic E-state index is -1.93. The fraction of sp³-hybridized carbons (Fsp3) is 0.375. The minimum Gasteiger partial charge on any atom is -0.480 e. The van der Waals surface area contributed by atoms with Crippen LogP contribution in [-0.4, -0.2) is 49.2 Å². The largest absolute Gasteiger partial charge is 0.480 e. The number of aliphatic carboxylic acids is 1. The van der Waals surface area contributed by atoms with Crippen molar-refractivity contribution >= 4 is 23.8 Å². The summed E-state index contributed by atoms with van der Waals surface area (Å²) in [5, 5.41) is 11.1. The second kappa shape index (κ2) is 9.01. The smallest absolute Gasteiger partial charge is 0.326 e. The lowest BCUT2D eigenvalue weighted by Gasteiger charge is -2.26. The number of nitrogens with one attached hydrogen (secondary N) is 1. The van der Waals surface area contributed by atoms with Crippen LogP contribution in [0.5, 0.6) is 0 Å². The summed E-state index contributed by atoms with van der Waals surface area (Å²) in [5.74, 6) is -13.0. The number of halogens is 3. The number of esters is 2. The SMILES string of the molecule is COC(=O)C(C(=O)OC)[C@H](C)[C@@H](NC(=O)c1c(F)cc(F)cc1F)C(=O)O. The van der Waals surface area contributed by atoms with Gasteiger partial charge in [0.25, 0.3) is 5.91 Å². The van der Waals surface area contributed by atoms with Gasteiger partial charge in [0.15, 0.2) is 5.92 Å². The highest BCUT2D eigenvalue weighted by molar-refractivity contribution is 5.99. The lowest BCUT2D eigenvalue weighted by Crippen LogP contribution is -2.50. The molecule has 1 aromatic rings. The number of benzene rings is 1. The van der Waals surface area contributed by atoms with Crippen molar-refractivity contribution < 1.29 is 46.9 Å². The van der Waals surface area contributed by atoms with E-state index in [9.17, 15) is 37.5 Å². The van der Waals surface area contributed by atoms with E-state index in [1.807, 2.05) is 5.32 Å². The Labute approximate surface area is 151 Å². The number of carboxylic acid groups (broad SMARTS) is 1. The average Bonchev–Trinajstić information content (AvgIpc) is 2.57. The van der Waals surface area contributed by atoms with E-state index in [0.717, 1.165) is 21.1 Å². The van der Waals surface area contributed by atoms with E-state index >= 15 is 0 Å². The van der Waals surface area contributed by atoms with Crippen molar-refractivity contribution in [2.45, 2.75) is 13.0 Å². The molecule has 2 atom stereocenters. The zero-order valence-electron chi connectivity index (χ0n) is 14.4. The van der Waals surface area contributed by atoms with Gasteiger partial charge in [0.2, 0.25) is 0 Å². The fourth-order valence-electron chi connectivity index (χ4n) is 2.36. The number of carbonyl (C=O) groups is 4. The van der Waals surface area contributed by atoms with Crippen molar-refractivity contribution in [2.75, 3.05) is 14.2 Å². The second-order valence-corrected chi connectivity index (χ2v) is 5.42. The molecule has 1 amide bonds. The molecule has 1 rings (SSSR count). The van der Waals surface area contributed by atoms with E-state index in [1.54, 1.807) is 0 Å². The third kappa shape index (κ3) is 4.96. The molecule has 11 heteroatoms. The van der Waals surface area contributed by atoms with Gasteiger partial charge in [-0.3, -0.25) is 14.4 Å². The summed E-state index contributed by atoms with van der Waals surface area (Å²) in [4.78, 5) is 47.2. The quantitative estimate of drug-likeness (QED) is 0.523. The molecule has 0 spiro atoms. The van der Waals surface area contributed by atoms with Crippen LogP contribution in [0.1, 0.15) is 17.3 Å². The summed E-state index contributed by atoms with van der Waals surface area (Å²) < 4.78 is 49.2. The highest BCUT2D eigenvalue weighted by Crippen LogP contribution is 2.21. The Bertz CT molecular complexity index is 729. The Kier molecular flexibility index (Phi) is 7.32. The predicted molar refractivity (Wildman–Crippen MR) is 81.9 cm³/mol. The number of amides is 1. The first-order valence-corrected chi connectivity index (χ1v) is 7.39. The first-order chi connectivity index (χ1) is 12.5. The summed E-state index contributed by atoms with van der Waals surface area (Å²) in [5.41, 5.74) is -1.22. The van der Waals surface area contributed by atoms with Crippen LogP contribution < -0.4 is 5.32 Å². The van der Waals surface area contributed by atoms with E-state index in [-0.39, 0.29) is 12.1 Å². The highest BCUT2D eigenvalue weighted by Gasteiger charge is 2.42. The maximum absolute atomic E-state index is 13.7. The topological polar surface area (TPSA) is 119 Å². The number of carboxylic acids is 1. The molecule has 0 saturated carbocycles. The van der Waals surface area contributed by atoms with Gasteiger partial charge in [-0.1, -0.05) is 6.92 Å². The molecule has 8 nitrogen and oxygen atoms in total. The van der Waals surface area contributed by atoms with Crippen molar-refractivity contribution in [1.29, 1.82) is 0 Å². The molecule has 0 radical (unpaired) electrons. The Morgan fingerprint density at radius 1 is 1.00 bits per heavy atom. The number of methoxy groups -OCH3 is 2. The van der Waals surface area contributed by atoms with Crippen molar-refractivity contribution in [3.8, 4) is 0 Å². The molecular formula is C16H16F3NO7. The highest BCUT2D eigenvalue weighted by atomic mass is 19.1. The molecule has 0 aliphatic carbocycles. The first-order valence-electron chi connectivity index (χ1n) is 7.39. The van der Waals surface area contributed by atoms with Crippen LogP contribution >= 0.6 is 0 Å². The average molecular weight is 391 g/mol. The van der Waals surface area contributed by atoms with Crippen LogP contribution in [0.15, 0.2) is 12.1 Å². The van der Waals surface area contributed by atoms with Crippen LogP contribution in [0.25, 0.3) is 0 Å². The van der Waals surface area contributed by atoms with E-state index in [2.05, 4.69) is 9.47 Å². The summed E-state index contributed by atoms with van der Waals surface area (Å²) in [6, 6.07) is -1.45. The summed E-state index contributed by atoms with van der Waals surface area (Å²) >= 11 is 0. The van der Waals surface area contributed by atoms with Gasteiger partial charge in [-0.05, 0) is 0 Å². The number of carbonyl (C=O) groups excluding carboxylic acids is 3. The minimum absolute atomic E-state index is 0.239. The van der Waals surface area contributed by atoms with Crippen LogP contribution in [0.2, 0.25) is 0 Å². The summed E-state index contributed by atoms with van der Waals surface area (Å²) in [6.07, 6.45) is 0.